The van der Waals surface area contributed by atoms with E-state index < -0.39 is 0 Å². The summed E-state index contributed by atoms with van der Waals surface area (Å²) in [6.07, 6.45) is 0. The van der Waals surface area contributed by atoms with Crippen molar-refractivity contribution in [2.24, 2.45) is 0 Å². The van der Waals surface area contributed by atoms with Gasteiger partial charge in [-0.1, -0.05) is 30.0 Å². The highest BCUT2D eigenvalue weighted by Crippen LogP contribution is 2.25. The van der Waals surface area contributed by atoms with Gasteiger partial charge in [-0.15, -0.1) is 10.2 Å². The molecule has 3 aromatic rings. The predicted molar refractivity (Wildman–Crippen MR) is 91.8 cm³/mol. The van der Waals surface area contributed by atoms with Crippen molar-refractivity contribution in [3.8, 4) is 23.3 Å². The van der Waals surface area contributed by atoms with Crippen LogP contribution in [0.2, 0.25) is 0 Å². The van der Waals surface area contributed by atoms with Crippen LogP contribution in [-0.4, -0.2) is 22.6 Å². The number of aryl methyl sites for hydroxylation is 1. The molecule has 0 saturated heterocycles. The summed E-state index contributed by atoms with van der Waals surface area (Å²) in [4.78, 5) is 0. The summed E-state index contributed by atoms with van der Waals surface area (Å²) in [5.41, 5.74) is 2.67. The molecule has 0 amide bonds. The maximum Gasteiger partial charge on any atom is 0.276 e. The lowest BCUT2D eigenvalue weighted by Gasteiger charge is -2.04. The number of rotatable bonds is 6. The molecule has 0 atom stereocenters. The van der Waals surface area contributed by atoms with Crippen molar-refractivity contribution in [1.82, 2.24) is 10.2 Å². The summed E-state index contributed by atoms with van der Waals surface area (Å²) in [7, 11) is 0. The third-order valence-corrected chi connectivity index (χ3v) is 4.13. The van der Waals surface area contributed by atoms with E-state index in [1.807, 2.05) is 31.2 Å². The highest BCUT2D eigenvalue weighted by molar-refractivity contribution is 7.99. The Morgan fingerprint density at radius 1 is 1.12 bits per heavy atom. The molecule has 120 valence electrons. The van der Waals surface area contributed by atoms with Gasteiger partial charge in [0.15, 0.2) is 0 Å². The minimum Gasteiger partial charge on any atom is -0.493 e. The Kier molecular flexibility index (Phi) is 5.14. The molecule has 0 unspecified atom stereocenters. The molecule has 0 N–H and O–H groups in total. The molecule has 5 nitrogen and oxygen atoms in total. The summed E-state index contributed by atoms with van der Waals surface area (Å²) < 4.78 is 11.3. The summed E-state index contributed by atoms with van der Waals surface area (Å²) in [6.45, 7) is 2.52. The van der Waals surface area contributed by atoms with E-state index in [9.17, 15) is 0 Å². The van der Waals surface area contributed by atoms with Crippen molar-refractivity contribution in [2.45, 2.75) is 12.1 Å². The lowest BCUT2D eigenvalue weighted by atomic mass is 10.1. The van der Waals surface area contributed by atoms with E-state index in [2.05, 4.69) is 16.3 Å². The van der Waals surface area contributed by atoms with Crippen LogP contribution in [0, 0.1) is 18.3 Å². The third-order valence-electron chi connectivity index (χ3n) is 3.34. The molecule has 1 heterocycles. The molecule has 0 aliphatic carbocycles. The number of aromatic nitrogens is 2. The first-order valence-corrected chi connectivity index (χ1v) is 8.40. The standard InChI is InChI=1S/C18H15N3O2S/c1-13-4-2-3-5-16(13)17-20-21-18(23-17)24-11-10-22-15-8-6-14(12-19)7-9-15/h2-9H,10-11H2,1H3. The highest BCUT2D eigenvalue weighted by atomic mass is 32.2. The minimum atomic E-state index is 0.513. The van der Waals surface area contributed by atoms with E-state index in [-0.39, 0.29) is 0 Å². The van der Waals surface area contributed by atoms with Crippen LogP contribution in [0.3, 0.4) is 0 Å². The molecule has 0 fully saturated rings. The second-order valence-corrected chi connectivity index (χ2v) is 6.07. The van der Waals surface area contributed by atoms with Gasteiger partial charge in [-0.3, -0.25) is 0 Å². The SMILES string of the molecule is Cc1ccccc1-c1nnc(SCCOc2ccc(C#N)cc2)o1. The zero-order valence-corrected chi connectivity index (χ0v) is 13.9. The van der Waals surface area contributed by atoms with E-state index >= 15 is 0 Å². The van der Waals surface area contributed by atoms with Crippen LogP contribution in [0.4, 0.5) is 0 Å². The van der Waals surface area contributed by atoms with Gasteiger partial charge in [0.05, 0.1) is 18.2 Å². The Balaban J connectivity index is 1.51. The van der Waals surface area contributed by atoms with Crippen molar-refractivity contribution in [2.75, 3.05) is 12.4 Å². The number of hydrogen-bond donors (Lipinski definition) is 0. The average molecular weight is 337 g/mol. The van der Waals surface area contributed by atoms with E-state index in [1.54, 1.807) is 24.3 Å². The number of ether oxygens (including phenoxy) is 1. The second kappa shape index (κ2) is 7.66. The van der Waals surface area contributed by atoms with Crippen molar-refractivity contribution in [3.63, 3.8) is 0 Å². The van der Waals surface area contributed by atoms with Gasteiger partial charge in [0.1, 0.15) is 5.75 Å². The number of nitriles is 1. The second-order valence-electron chi connectivity index (χ2n) is 5.02. The molecule has 0 aliphatic rings. The van der Waals surface area contributed by atoms with Crippen LogP contribution in [0.1, 0.15) is 11.1 Å². The quantitative estimate of drug-likeness (QED) is 0.498. The van der Waals surface area contributed by atoms with Gasteiger partial charge in [0.2, 0.25) is 5.89 Å². The van der Waals surface area contributed by atoms with E-state index in [1.165, 1.54) is 11.8 Å². The van der Waals surface area contributed by atoms with E-state index in [4.69, 9.17) is 14.4 Å². The smallest absolute Gasteiger partial charge is 0.276 e. The van der Waals surface area contributed by atoms with Gasteiger partial charge >= 0.3 is 0 Å². The number of thioether (sulfide) groups is 1. The first kappa shape index (κ1) is 16.1. The minimum absolute atomic E-state index is 0.513. The Morgan fingerprint density at radius 2 is 1.92 bits per heavy atom. The molecule has 2 aromatic carbocycles. The lowest BCUT2D eigenvalue weighted by Crippen LogP contribution is -1.99. The molecule has 3 rings (SSSR count). The summed E-state index contributed by atoms with van der Waals surface area (Å²) in [5, 5.41) is 17.4. The predicted octanol–water partition coefficient (Wildman–Crippen LogP) is 4.09. The summed E-state index contributed by atoms with van der Waals surface area (Å²) >= 11 is 1.45. The fourth-order valence-corrected chi connectivity index (χ4v) is 2.68. The maximum absolute atomic E-state index is 8.75. The largest absolute Gasteiger partial charge is 0.493 e. The van der Waals surface area contributed by atoms with Gasteiger partial charge in [-0.2, -0.15) is 5.26 Å². The Hall–Kier alpha value is -2.78. The van der Waals surface area contributed by atoms with Crippen molar-refractivity contribution in [1.29, 1.82) is 5.26 Å². The highest BCUT2D eigenvalue weighted by Gasteiger charge is 2.10. The monoisotopic (exact) mass is 337 g/mol. The van der Waals surface area contributed by atoms with Gasteiger partial charge in [0, 0.05) is 11.3 Å². The topological polar surface area (TPSA) is 71.9 Å². The average Bonchev–Trinajstić information content (AvgIpc) is 3.08. The molecule has 1 aromatic heterocycles. The molecular weight excluding hydrogens is 322 g/mol. The molecule has 0 radical (unpaired) electrons. The molecule has 0 bridgehead atoms. The Bertz CT molecular complexity index is 853. The number of benzene rings is 2. The summed E-state index contributed by atoms with van der Waals surface area (Å²) in [6, 6.07) is 17.0. The van der Waals surface area contributed by atoms with Crippen LogP contribution < -0.4 is 4.74 Å². The summed E-state index contributed by atoms with van der Waals surface area (Å²) in [5.74, 6) is 1.96. The fraction of sp³-hybridized carbons (Fsp3) is 0.167. The van der Waals surface area contributed by atoms with Crippen LogP contribution in [-0.2, 0) is 0 Å². The molecular formula is C18H15N3O2S. The van der Waals surface area contributed by atoms with Gasteiger partial charge in [-0.25, -0.2) is 0 Å². The van der Waals surface area contributed by atoms with E-state index in [0.29, 0.717) is 29.0 Å². The molecule has 0 aliphatic heterocycles. The van der Waals surface area contributed by atoms with Crippen LogP contribution >= 0.6 is 11.8 Å². The van der Waals surface area contributed by atoms with Gasteiger partial charge in [-0.05, 0) is 42.8 Å². The zero-order chi connectivity index (χ0) is 16.8. The third kappa shape index (κ3) is 3.94. The molecule has 24 heavy (non-hydrogen) atoms. The lowest BCUT2D eigenvalue weighted by molar-refractivity contribution is 0.343. The first-order chi connectivity index (χ1) is 11.8. The number of nitrogens with zero attached hydrogens (tertiary/aromatic N) is 3. The molecule has 6 heteroatoms. The van der Waals surface area contributed by atoms with Gasteiger partial charge in [0.25, 0.3) is 5.22 Å². The molecule has 0 spiro atoms. The Morgan fingerprint density at radius 3 is 2.67 bits per heavy atom. The van der Waals surface area contributed by atoms with Crippen molar-refractivity contribution < 1.29 is 9.15 Å². The number of hydrogen-bond acceptors (Lipinski definition) is 6. The van der Waals surface area contributed by atoms with Crippen molar-refractivity contribution in [3.05, 3.63) is 59.7 Å². The molecule has 0 saturated carbocycles. The normalized spacial score (nSPS) is 10.3. The zero-order valence-electron chi connectivity index (χ0n) is 13.1. The van der Waals surface area contributed by atoms with Crippen LogP contribution in [0.5, 0.6) is 5.75 Å². The van der Waals surface area contributed by atoms with Crippen molar-refractivity contribution >= 4 is 11.8 Å². The fourth-order valence-electron chi connectivity index (χ4n) is 2.10. The van der Waals surface area contributed by atoms with Crippen LogP contribution in [0.25, 0.3) is 11.5 Å². The maximum atomic E-state index is 8.75. The van der Waals surface area contributed by atoms with Gasteiger partial charge < -0.3 is 9.15 Å². The van der Waals surface area contributed by atoms with Crippen LogP contribution in [0.15, 0.2) is 58.2 Å². The van der Waals surface area contributed by atoms with E-state index in [0.717, 1.165) is 16.9 Å². The Labute approximate surface area is 144 Å². The first-order valence-electron chi connectivity index (χ1n) is 7.41.